The molecule has 0 spiro atoms. The molecule has 0 radical (unpaired) electrons. The van der Waals surface area contributed by atoms with Gasteiger partial charge in [-0.05, 0) is 25.0 Å². The minimum atomic E-state index is -0.914. The van der Waals surface area contributed by atoms with Crippen molar-refractivity contribution in [2.45, 2.75) is 19.3 Å². The van der Waals surface area contributed by atoms with E-state index in [-0.39, 0.29) is 5.91 Å². The molecular weight excluding hydrogens is 256 g/mol. The monoisotopic (exact) mass is 272 g/mol. The molecule has 20 heavy (non-hydrogen) atoms. The summed E-state index contributed by atoms with van der Waals surface area (Å²) in [5, 5.41) is 18.2. The zero-order chi connectivity index (χ0) is 14.7. The van der Waals surface area contributed by atoms with Crippen LogP contribution in [0.1, 0.15) is 24.8 Å². The minimum absolute atomic E-state index is 0.224. The van der Waals surface area contributed by atoms with Crippen LogP contribution in [0.25, 0.3) is 0 Å². The quantitative estimate of drug-likeness (QED) is 0.912. The number of hydrogen-bond acceptors (Lipinski definition) is 3. The van der Waals surface area contributed by atoms with Crippen LogP contribution in [-0.4, -0.2) is 24.0 Å². The molecule has 0 heterocycles. The molecule has 1 aliphatic carbocycles. The molecule has 2 atom stereocenters. The lowest BCUT2D eigenvalue weighted by Gasteiger charge is -2.24. The number of para-hydroxylation sites is 1. The average Bonchev–Trinajstić information content (AvgIpc) is 2.95. The van der Waals surface area contributed by atoms with E-state index >= 15 is 0 Å². The average molecular weight is 272 g/mol. The summed E-state index contributed by atoms with van der Waals surface area (Å²) in [4.78, 5) is 25.1. The molecule has 0 aliphatic heterocycles. The fourth-order valence-electron chi connectivity index (χ4n) is 2.78. The molecule has 1 aromatic carbocycles. The predicted molar refractivity (Wildman–Crippen MR) is 73.0 cm³/mol. The van der Waals surface area contributed by atoms with Crippen molar-refractivity contribution in [3.8, 4) is 6.07 Å². The molecular formula is C15H16N2O3. The van der Waals surface area contributed by atoms with Crippen LogP contribution in [0.5, 0.6) is 0 Å². The van der Waals surface area contributed by atoms with E-state index in [0.29, 0.717) is 24.1 Å². The van der Waals surface area contributed by atoms with Gasteiger partial charge in [0.1, 0.15) is 6.07 Å². The molecule has 0 saturated heterocycles. The summed E-state index contributed by atoms with van der Waals surface area (Å²) in [7, 11) is 1.59. The highest BCUT2D eigenvalue weighted by molar-refractivity contribution is 5.98. The van der Waals surface area contributed by atoms with Gasteiger partial charge >= 0.3 is 5.97 Å². The molecule has 2 rings (SSSR count). The van der Waals surface area contributed by atoms with Gasteiger partial charge in [0.15, 0.2) is 0 Å². The van der Waals surface area contributed by atoms with Gasteiger partial charge in [-0.1, -0.05) is 18.6 Å². The lowest BCUT2D eigenvalue weighted by molar-refractivity contribution is -0.145. The number of aliphatic carboxylic acids is 1. The van der Waals surface area contributed by atoms with Crippen LogP contribution in [-0.2, 0) is 9.59 Å². The maximum atomic E-state index is 12.5. The van der Waals surface area contributed by atoms with Crippen LogP contribution in [0.4, 0.5) is 5.69 Å². The van der Waals surface area contributed by atoms with Gasteiger partial charge in [0.2, 0.25) is 5.91 Å². The number of rotatable bonds is 3. The Morgan fingerprint density at radius 1 is 1.30 bits per heavy atom. The SMILES string of the molecule is CN(C(=O)C1CCCC1C(=O)O)c1ccccc1C#N. The molecule has 2 unspecified atom stereocenters. The maximum absolute atomic E-state index is 12.5. The molecule has 1 fully saturated rings. The summed E-state index contributed by atoms with van der Waals surface area (Å²) in [6.07, 6.45) is 1.88. The van der Waals surface area contributed by atoms with E-state index in [1.54, 1.807) is 31.3 Å². The number of hydrogen-bond donors (Lipinski definition) is 1. The van der Waals surface area contributed by atoms with E-state index in [9.17, 15) is 9.59 Å². The van der Waals surface area contributed by atoms with E-state index in [0.717, 1.165) is 6.42 Å². The minimum Gasteiger partial charge on any atom is -0.481 e. The van der Waals surface area contributed by atoms with Gasteiger partial charge in [-0.25, -0.2) is 0 Å². The zero-order valence-electron chi connectivity index (χ0n) is 11.2. The van der Waals surface area contributed by atoms with Crippen molar-refractivity contribution in [2.24, 2.45) is 11.8 Å². The number of nitrogens with zero attached hydrogens (tertiary/aromatic N) is 2. The Kier molecular flexibility index (Phi) is 4.04. The molecule has 5 nitrogen and oxygen atoms in total. The summed E-state index contributed by atoms with van der Waals surface area (Å²) in [6, 6.07) is 8.87. The first-order valence-electron chi connectivity index (χ1n) is 6.55. The Labute approximate surface area is 117 Å². The molecule has 0 aromatic heterocycles. The van der Waals surface area contributed by atoms with Gasteiger partial charge in [0.25, 0.3) is 0 Å². The van der Waals surface area contributed by atoms with E-state index in [1.807, 2.05) is 6.07 Å². The Bertz CT molecular complexity index is 577. The van der Waals surface area contributed by atoms with Crippen LogP contribution in [0.2, 0.25) is 0 Å². The van der Waals surface area contributed by atoms with Crippen molar-refractivity contribution in [3.63, 3.8) is 0 Å². The third-order valence-corrected chi connectivity index (χ3v) is 3.87. The highest BCUT2D eigenvalue weighted by Gasteiger charge is 2.39. The summed E-state index contributed by atoms with van der Waals surface area (Å²) in [5.41, 5.74) is 0.935. The van der Waals surface area contributed by atoms with Crippen LogP contribution in [0.15, 0.2) is 24.3 Å². The van der Waals surface area contributed by atoms with Gasteiger partial charge in [0, 0.05) is 7.05 Å². The first-order chi connectivity index (χ1) is 9.56. The first kappa shape index (κ1) is 14.1. The van der Waals surface area contributed by atoms with Gasteiger partial charge in [0.05, 0.1) is 23.1 Å². The Morgan fingerprint density at radius 2 is 1.95 bits per heavy atom. The van der Waals surface area contributed by atoms with Gasteiger partial charge in [-0.2, -0.15) is 5.26 Å². The molecule has 104 valence electrons. The number of anilines is 1. The standard InChI is InChI=1S/C15H16N2O3/c1-17(13-8-3-2-5-10(13)9-16)14(18)11-6-4-7-12(11)15(19)20/h2-3,5,8,11-12H,4,6-7H2,1H3,(H,19,20). The molecule has 1 amide bonds. The second-order valence-electron chi connectivity index (χ2n) is 5.01. The van der Waals surface area contributed by atoms with E-state index < -0.39 is 17.8 Å². The van der Waals surface area contributed by atoms with Crippen molar-refractivity contribution in [1.82, 2.24) is 0 Å². The molecule has 1 aromatic rings. The van der Waals surface area contributed by atoms with Crippen molar-refractivity contribution in [2.75, 3.05) is 11.9 Å². The second-order valence-corrected chi connectivity index (χ2v) is 5.01. The highest BCUT2D eigenvalue weighted by Crippen LogP contribution is 2.34. The van der Waals surface area contributed by atoms with Crippen molar-refractivity contribution < 1.29 is 14.7 Å². The number of carboxylic acid groups (broad SMARTS) is 1. The molecule has 1 aliphatic rings. The van der Waals surface area contributed by atoms with E-state index in [4.69, 9.17) is 10.4 Å². The number of carboxylic acids is 1. The van der Waals surface area contributed by atoms with Crippen molar-refractivity contribution in [1.29, 1.82) is 5.26 Å². The van der Waals surface area contributed by atoms with Gasteiger partial charge in [-0.3, -0.25) is 9.59 Å². The van der Waals surface area contributed by atoms with Gasteiger partial charge < -0.3 is 10.0 Å². The number of amides is 1. The first-order valence-corrected chi connectivity index (χ1v) is 6.55. The summed E-state index contributed by atoms with van der Waals surface area (Å²) in [5.74, 6) is -2.25. The largest absolute Gasteiger partial charge is 0.481 e. The highest BCUT2D eigenvalue weighted by atomic mass is 16.4. The van der Waals surface area contributed by atoms with E-state index in [1.165, 1.54) is 4.90 Å². The molecule has 1 N–H and O–H groups in total. The second kappa shape index (κ2) is 5.74. The molecule has 5 heteroatoms. The number of carbonyl (C=O) groups excluding carboxylic acids is 1. The third kappa shape index (κ3) is 2.50. The fraction of sp³-hybridized carbons (Fsp3) is 0.400. The van der Waals surface area contributed by atoms with Crippen LogP contribution < -0.4 is 4.90 Å². The molecule has 0 bridgehead atoms. The maximum Gasteiger partial charge on any atom is 0.307 e. The van der Waals surface area contributed by atoms with Crippen molar-refractivity contribution in [3.05, 3.63) is 29.8 Å². The topological polar surface area (TPSA) is 81.4 Å². The lowest BCUT2D eigenvalue weighted by Crippen LogP contribution is -2.37. The number of nitriles is 1. The number of carbonyl (C=O) groups is 2. The van der Waals surface area contributed by atoms with Crippen LogP contribution >= 0.6 is 0 Å². The normalized spacial score (nSPS) is 21.2. The Balaban J connectivity index is 2.25. The van der Waals surface area contributed by atoms with E-state index in [2.05, 4.69) is 0 Å². The van der Waals surface area contributed by atoms with Crippen LogP contribution in [0, 0.1) is 23.2 Å². The predicted octanol–water partition coefficient (Wildman–Crippen LogP) is 2.02. The third-order valence-electron chi connectivity index (χ3n) is 3.87. The summed E-state index contributed by atoms with van der Waals surface area (Å²) < 4.78 is 0. The fourth-order valence-corrected chi connectivity index (χ4v) is 2.78. The molecule has 1 saturated carbocycles. The van der Waals surface area contributed by atoms with Crippen molar-refractivity contribution >= 4 is 17.6 Å². The Hall–Kier alpha value is -2.35. The summed E-state index contributed by atoms with van der Waals surface area (Å²) >= 11 is 0. The smallest absolute Gasteiger partial charge is 0.307 e. The lowest BCUT2D eigenvalue weighted by atomic mass is 9.94. The van der Waals surface area contributed by atoms with Crippen LogP contribution in [0.3, 0.4) is 0 Å². The Morgan fingerprint density at radius 3 is 2.60 bits per heavy atom. The van der Waals surface area contributed by atoms with Gasteiger partial charge in [-0.15, -0.1) is 0 Å². The zero-order valence-corrected chi connectivity index (χ0v) is 11.2. The number of benzene rings is 1. The summed E-state index contributed by atoms with van der Waals surface area (Å²) in [6.45, 7) is 0.